The summed E-state index contributed by atoms with van der Waals surface area (Å²) >= 11 is 0. The Morgan fingerprint density at radius 3 is 2.71 bits per heavy atom. The minimum atomic E-state index is -0.497. The summed E-state index contributed by atoms with van der Waals surface area (Å²) in [6.07, 6.45) is 12.9. The summed E-state index contributed by atoms with van der Waals surface area (Å²) in [6.45, 7) is 8.03. The number of hydrogen-bond donors (Lipinski definition) is 2. The smallest absolute Gasteiger partial charge is 0.242 e. The monoisotopic (exact) mass is 471 g/mol. The Morgan fingerprint density at radius 2 is 2.00 bits per heavy atom. The minimum absolute atomic E-state index is 0.0273. The molecule has 188 valence electrons. The normalized spacial score (nSPS) is 29.6. The molecule has 2 fully saturated rings. The van der Waals surface area contributed by atoms with Crippen molar-refractivity contribution in [3.8, 4) is 0 Å². The van der Waals surface area contributed by atoms with Gasteiger partial charge in [-0.3, -0.25) is 14.5 Å². The Morgan fingerprint density at radius 1 is 1.21 bits per heavy atom. The van der Waals surface area contributed by atoms with Gasteiger partial charge < -0.3 is 19.9 Å². The van der Waals surface area contributed by atoms with E-state index in [1.165, 1.54) is 0 Å². The number of amides is 2. The zero-order chi connectivity index (χ0) is 24.1. The molecule has 0 bridgehead atoms. The molecule has 0 aliphatic carbocycles. The van der Waals surface area contributed by atoms with Gasteiger partial charge in [0.25, 0.3) is 0 Å². The first kappa shape index (κ1) is 24.9. The summed E-state index contributed by atoms with van der Waals surface area (Å²) in [5.74, 6) is 0.566. The first-order chi connectivity index (χ1) is 16.3. The second-order valence-electron chi connectivity index (χ2n) is 10.9. The van der Waals surface area contributed by atoms with Gasteiger partial charge in [-0.25, -0.2) is 4.98 Å². The number of nitrogens with one attached hydrogen (secondary N) is 2. The summed E-state index contributed by atoms with van der Waals surface area (Å²) in [4.78, 5) is 33.8. The summed E-state index contributed by atoms with van der Waals surface area (Å²) in [5.41, 5.74) is 0.577. The fourth-order valence-corrected chi connectivity index (χ4v) is 5.54. The number of nitrogens with zero attached hydrogens (tertiary/aromatic N) is 3. The van der Waals surface area contributed by atoms with Crippen LogP contribution in [0.4, 0.5) is 0 Å². The van der Waals surface area contributed by atoms with Crippen molar-refractivity contribution in [1.82, 2.24) is 25.1 Å². The number of likely N-dealkylation sites (tertiary alicyclic amines) is 1. The zero-order valence-electron chi connectivity index (χ0n) is 21.0. The average molecular weight is 472 g/mol. The third kappa shape index (κ3) is 6.08. The number of allylic oxidation sites excluding steroid dienone is 2. The van der Waals surface area contributed by atoms with Crippen molar-refractivity contribution < 1.29 is 14.3 Å². The molecule has 3 aliphatic rings. The van der Waals surface area contributed by atoms with Gasteiger partial charge in [-0.2, -0.15) is 0 Å². The summed E-state index contributed by atoms with van der Waals surface area (Å²) in [6, 6.07) is -0.400. The molecule has 3 atom stereocenters. The third-order valence-electron chi connectivity index (χ3n) is 7.68. The maximum absolute atomic E-state index is 13.7. The molecular formula is C26H41N5O3. The van der Waals surface area contributed by atoms with E-state index >= 15 is 0 Å². The Bertz CT molecular complexity index is 872. The number of aromatic nitrogens is 2. The highest BCUT2D eigenvalue weighted by molar-refractivity contribution is 5.90. The van der Waals surface area contributed by atoms with E-state index in [1.807, 2.05) is 24.1 Å². The Hall–Kier alpha value is -2.19. The van der Waals surface area contributed by atoms with Crippen LogP contribution in [0.3, 0.4) is 0 Å². The molecule has 0 radical (unpaired) electrons. The van der Waals surface area contributed by atoms with Crippen molar-refractivity contribution >= 4 is 11.8 Å². The molecule has 0 unspecified atom stereocenters. The van der Waals surface area contributed by atoms with Crippen LogP contribution in [0.1, 0.15) is 58.1 Å². The molecule has 4 rings (SSSR count). The molecule has 8 heteroatoms. The predicted octanol–water partition coefficient (Wildman–Crippen LogP) is 2.40. The number of imidazole rings is 1. The summed E-state index contributed by atoms with van der Waals surface area (Å²) in [5, 5.41) is 6.45. The van der Waals surface area contributed by atoms with Gasteiger partial charge in [0.15, 0.2) is 0 Å². The molecule has 34 heavy (non-hydrogen) atoms. The quantitative estimate of drug-likeness (QED) is 0.659. The number of carbonyl (C=O) groups excluding carboxylic acids is 2. The molecule has 1 aromatic heterocycles. The van der Waals surface area contributed by atoms with Gasteiger partial charge in [0.2, 0.25) is 11.8 Å². The van der Waals surface area contributed by atoms with E-state index in [9.17, 15) is 9.59 Å². The van der Waals surface area contributed by atoms with Crippen molar-refractivity contribution in [2.75, 3.05) is 26.3 Å². The molecule has 0 aromatic carbocycles. The van der Waals surface area contributed by atoms with Crippen LogP contribution in [0.15, 0.2) is 24.7 Å². The molecule has 2 N–H and O–H groups in total. The van der Waals surface area contributed by atoms with E-state index in [1.54, 1.807) is 0 Å². The molecule has 2 amide bonds. The lowest BCUT2D eigenvalue weighted by Gasteiger charge is -2.41. The maximum atomic E-state index is 13.7. The number of carbonyl (C=O) groups is 2. The lowest BCUT2D eigenvalue weighted by Crippen LogP contribution is -2.57. The van der Waals surface area contributed by atoms with Crippen LogP contribution in [0.5, 0.6) is 0 Å². The van der Waals surface area contributed by atoms with Gasteiger partial charge in [-0.05, 0) is 57.5 Å². The van der Waals surface area contributed by atoms with Crippen LogP contribution < -0.4 is 10.6 Å². The Kier molecular flexibility index (Phi) is 8.09. The van der Waals surface area contributed by atoms with Crippen LogP contribution in [0.2, 0.25) is 0 Å². The average Bonchev–Trinajstić information content (AvgIpc) is 3.22. The molecule has 2 saturated heterocycles. The number of rotatable bonds is 4. The fraction of sp³-hybridized carbons (Fsp3) is 0.731. The lowest BCUT2D eigenvalue weighted by molar-refractivity contribution is -0.138. The maximum Gasteiger partial charge on any atom is 0.242 e. The summed E-state index contributed by atoms with van der Waals surface area (Å²) in [7, 11) is 1.98. The zero-order valence-corrected chi connectivity index (χ0v) is 21.0. The second kappa shape index (κ2) is 11.0. The van der Waals surface area contributed by atoms with Gasteiger partial charge in [0.1, 0.15) is 6.04 Å². The van der Waals surface area contributed by atoms with E-state index in [4.69, 9.17) is 4.74 Å². The fourth-order valence-electron chi connectivity index (χ4n) is 5.54. The molecule has 4 heterocycles. The number of fused-ring (bicyclic) bond motifs is 1. The van der Waals surface area contributed by atoms with Gasteiger partial charge >= 0.3 is 0 Å². The van der Waals surface area contributed by atoms with Gasteiger partial charge in [-0.1, -0.05) is 26.0 Å². The van der Waals surface area contributed by atoms with E-state index < -0.39 is 11.5 Å². The van der Waals surface area contributed by atoms with Gasteiger partial charge in [0, 0.05) is 38.4 Å². The highest BCUT2D eigenvalue weighted by Crippen LogP contribution is 2.37. The van der Waals surface area contributed by atoms with Crippen LogP contribution in [-0.4, -0.2) is 64.7 Å². The Balaban J connectivity index is 1.50. The SMILES string of the molecule is CC(C)C[C@H]1NC(=O)C2(C/C=C/C[C@H]3COCC[C@H]3NC1=O)CCN(Cc1cn(C)cn1)CC2. The molecule has 8 nitrogen and oxygen atoms in total. The first-order valence-electron chi connectivity index (χ1n) is 12.9. The van der Waals surface area contributed by atoms with Crippen LogP contribution >= 0.6 is 0 Å². The van der Waals surface area contributed by atoms with E-state index in [0.717, 1.165) is 51.0 Å². The molecule has 1 aromatic rings. The number of hydrogen-bond acceptors (Lipinski definition) is 5. The number of aryl methyl sites for hydroxylation is 1. The molecule has 3 aliphatic heterocycles. The van der Waals surface area contributed by atoms with Crippen molar-refractivity contribution in [3.63, 3.8) is 0 Å². The van der Waals surface area contributed by atoms with Crippen molar-refractivity contribution in [2.45, 2.75) is 71.0 Å². The van der Waals surface area contributed by atoms with Crippen LogP contribution in [0, 0.1) is 17.3 Å². The minimum Gasteiger partial charge on any atom is -0.381 e. The highest BCUT2D eigenvalue weighted by atomic mass is 16.5. The second-order valence-corrected chi connectivity index (χ2v) is 10.9. The highest BCUT2D eigenvalue weighted by Gasteiger charge is 2.42. The standard InChI is InChI=1S/C26H41N5O3/c1-19(2)14-23-24(32)28-22-7-13-34-17-20(22)6-4-5-8-26(25(33)29-23)9-11-31(12-10-26)16-21-15-30(3)18-27-21/h4-5,15,18-20,22-23H,6-14,16-17H2,1-3H3,(H,28,32)(H,29,33)/b5-4+/t20-,22+,23+/m0/s1. The lowest BCUT2D eigenvalue weighted by atomic mass is 9.74. The van der Waals surface area contributed by atoms with Crippen molar-refractivity contribution in [2.24, 2.45) is 24.3 Å². The van der Waals surface area contributed by atoms with Crippen LogP contribution in [-0.2, 0) is 27.9 Å². The van der Waals surface area contributed by atoms with Crippen molar-refractivity contribution in [3.05, 3.63) is 30.4 Å². The first-order valence-corrected chi connectivity index (χ1v) is 12.9. The van der Waals surface area contributed by atoms with E-state index in [2.05, 4.69) is 46.5 Å². The van der Waals surface area contributed by atoms with Crippen molar-refractivity contribution in [1.29, 1.82) is 0 Å². The number of ether oxygens (including phenoxy) is 1. The third-order valence-corrected chi connectivity index (χ3v) is 7.68. The van der Waals surface area contributed by atoms with Gasteiger partial charge in [-0.15, -0.1) is 0 Å². The summed E-state index contributed by atoms with van der Waals surface area (Å²) < 4.78 is 7.68. The molecular weight excluding hydrogens is 430 g/mol. The largest absolute Gasteiger partial charge is 0.381 e. The molecule has 0 saturated carbocycles. The van der Waals surface area contributed by atoms with Gasteiger partial charge in [0.05, 0.1) is 24.0 Å². The Labute approximate surface area is 203 Å². The van der Waals surface area contributed by atoms with E-state index in [0.29, 0.717) is 32.0 Å². The van der Waals surface area contributed by atoms with Crippen LogP contribution in [0.25, 0.3) is 0 Å². The topological polar surface area (TPSA) is 88.5 Å². The predicted molar refractivity (Wildman–Crippen MR) is 131 cm³/mol. The number of piperidine rings is 1. The van der Waals surface area contributed by atoms with E-state index in [-0.39, 0.29) is 23.8 Å². The molecule has 1 spiro atoms.